The van der Waals surface area contributed by atoms with Gasteiger partial charge >= 0.3 is 0 Å². The molecule has 1 aromatic heterocycles. The summed E-state index contributed by atoms with van der Waals surface area (Å²) in [5, 5.41) is 0. The Labute approximate surface area is 114 Å². The van der Waals surface area contributed by atoms with E-state index in [9.17, 15) is 0 Å². The highest BCUT2D eigenvalue weighted by molar-refractivity contribution is 5.30. The molecule has 0 radical (unpaired) electrons. The maximum absolute atomic E-state index is 5.69. The fraction of sp³-hybridized carbons (Fsp3) is 0.312. The van der Waals surface area contributed by atoms with Crippen LogP contribution < -0.4 is 11.3 Å². The van der Waals surface area contributed by atoms with E-state index in [1.165, 1.54) is 16.7 Å². The van der Waals surface area contributed by atoms with Crippen LogP contribution in [0.15, 0.2) is 36.5 Å². The standard InChI is InChI=1S/C16H21N3/c1-11-6-12(2)8-14(7-11)9-16(19-17)15-5-4-13(3)18-10-15/h4-8,10,16,19H,9,17H2,1-3H3. The second kappa shape index (κ2) is 5.95. The quantitative estimate of drug-likeness (QED) is 0.652. The van der Waals surface area contributed by atoms with Gasteiger partial charge in [-0.3, -0.25) is 16.3 Å². The lowest BCUT2D eigenvalue weighted by Gasteiger charge is -2.17. The van der Waals surface area contributed by atoms with Crippen LogP contribution in [0, 0.1) is 20.8 Å². The lowest BCUT2D eigenvalue weighted by atomic mass is 9.98. The predicted molar refractivity (Wildman–Crippen MR) is 78.7 cm³/mol. The molecule has 0 aliphatic rings. The molecule has 0 amide bonds. The molecule has 3 heteroatoms. The third kappa shape index (κ3) is 3.63. The first kappa shape index (κ1) is 13.7. The van der Waals surface area contributed by atoms with Crippen LogP contribution in [-0.2, 0) is 6.42 Å². The molecule has 0 bridgehead atoms. The number of hydrogen-bond acceptors (Lipinski definition) is 3. The summed E-state index contributed by atoms with van der Waals surface area (Å²) in [5.74, 6) is 5.69. The molecule has 0 aliphatic heterocycles. The van der Waals surface area contributed by atoms with Gasteiger partial charge in [0.1, 0.15) is 0 Å². The van der Waals surface area contributed by atoms with E-state index in [1.54, 1.807) is 0 Å². The second-order valence-electron chi connectivity index (χ2n) is 5.15. The number of nitrogens with one attached hydrogen (secondary N) is 1. The highest BCUT2D eigenvalue weighted by Crippen LogP contribution is 2.19. The number of aromatic nitrogens is 1. The Balaban J connectivity index is 2.21. The van der Waals surface area contributed by atoms with Gasteiger partial charge in [-0.2, -0.15) is 0 Å². The van der Waals surface area contributed by atoms with Crippen LogP contribution in [0.5, 0.6) is 0 Å². The molecular formula is C16H21N3. The number of hydrogen-bond donors (Lipinski definition) is 2. The van der Waals surface area contributed by atoms with Gasteiger partial charge in [0.25, 0.3) is 0 Å². The summed E-state index contributed by atoms with van der Waals surface area (Å²) < 4.78 is 0. The van der Waals surface area contributed by atoms with Crippen LogP contribution >= 0.6 is 0 Å². The smallest absolute Gasteiger partial charge is 0.0515 e. The molecule has 1 heterocycles. The fourth-order valence-electron chi connectivity index (χ4n) is 2.38. The largest absolute Gasteiger partial charge is 0.271 e. The summed E-state index contributed by atoms with van der Waals surface area (Å²) in [7, 11) is 0. The molecule has 3 N–H and O–H groups in total. The molecule has 1 aromatic carbocycles. The molecule has 0 fully saturated rings. The van der Waals surface area contributed by atoms with Gasteiger partial charge in [-0.25, -0.2) is 0 Å². The fourth-order valence-corrected chi connectivity index (χ4v) is 2.38. The van der Waals surface area contributed by atoms with Gasteiger partial charge in [-0.15, -0.1) is 0 Å². The van der Waals surface area contributed by atoms with Crippen molar-refractivity contribution < 1.29 is 0 Å². The zero-order valence-electron chi connectivity index (χ0n) is 11.8. The zero-order valence-corrected chi connectivity index (χ0v) is 11.8. The average molecular weight is 255 g/mol. The summed E-state index contributed by atoms with van der Waals surface area (Å²) >= 11 is 0. The monoisotopic (exact) mass is 255 g/mol. The Morgan fingerprint density at radius 3 is 2.32 bits per heavy atom. The van der Waals surface area contributed by atoms with Crippen LogP contribution in [0.4, 0.5) is 0 Å². The molecule has 100 valence electrons. The summed E-state index contributed by atoms with van der Waals surface area (Å²) in [6.07, 6.45) is 2.76. The first-order valence-electron chi connectivity index (χ1n) is 6.54. The first-order valence-corrected chi connectivity index (χ1v) is 6.54. The van der Waals surface area contributed by atoms with Gasteiger partial charge in [0, 0.05) is 11.9 Å². The van der Waals surface area contributed by atoms with E-state index in [2.05, 4.69) is 48.5 Å². The molecule has 19 heavy (non-hydrogen) atoms. The van der Waals surface area contributed by atoms with Crippen molar-refractivity contribution in [3.05, 3.63) is 64.5 Å². The summed E-state index contributed by atoms with van der Waals surface area (Å²) in [4.78, 5) is 4.33. The van der Waals surface area contributed by atoms with Gasteiger partial charge in [0.2, 0.25) is 0 Å². The van der Waals surface area contributed by atoms with Gasteiger partial charge in [-0.05, 0) is 44.4 Å². The van der Waals surface area contributed by atoms with Crippen molar-refractivity contribution in [3.8, 4) is 0 Å². The number of rotatable bonds is 4. The third-order valence-electron chi connectivity index (χ3n) is 3.26. The average Bonchev–Trinajstić information content (AvgIpc) is 2.36. The van der Waals surface area contributed by atoms with E-state index in [4.69, 9.17) is 5.84 Å². The minimum absolute atomic E-state index is 0.0919. The van der Waals surface area contributed by atoms with E-state index >= 15 is 0 Å². The minimum Gasteiger partial charge on any atom is -0.271 e. The van der Waals surface area contributed by atoms with Crippen molar-refractivity contribution >= 4 is 0 Å². The van der Waals surface area contributed by atoms with Crippen LogP contribution in [0.1, 0.15) is 34.0 Å². The molecule has 2 rings (SSSR count). The summed E-state index contributed by atoms with van der Waals surface area (Å²) in [6.45, 7) is 6.22. The SMILES string of the molecule is Cc1cc(C)cc(CC(NN)c2ccc(C)nc2)c1. The maximum atomic E-state index is 5.69. The molecule has 1 atom stereocenters. The van der Waals surface area contributed by atoms with E-state index in [-0.39, 0.29) is 6.04 Å². The van der Waals surface area contributed by atoms with Crippen LogP contribution in [0.2, 0.25) is 0 Å². The van der Waals surface area contributed by atoms with Gasteiger partial charge < -0.3 is 0 Å². The van der Waals surface area contributed by atoms with Crippen molar-refractivity contribution in [1.82, 2.24) is 10.4 Å². The van der Waals surface area contributed by atoms with Crippen LogP contribution in [-0.4, -0.2) is 4.98 Å². The van der Waals surface area contributed by atoms with E-state index in [0.717, 1.165) is 17.7 Å². The Bertz CT molecular complexity index is 526. The Morgan fingerprint density at radius 1 is 1.11 bits per heavy atom. The predicted octanol–water partition coefficient (Wildman–Crippen LogP) is 2.75. The van der Waals surface area contributed by atoms with Gasteiger partial charge in [0.15, 0.2) is 0 Å². The molecule has 2 aromatic rings. The van der Waals surface area contributed by atoms with Crippen molar-refractivity contribution in [2.75, 3.05) is 0 Å². The number of aryl methyl sites for hydroxylation is 3. The highest BCUT2D eigenvalue weighted by atomic mass is 15.2. The normalized spacial score (nSPS) is 12.4. The molecule has 0 aliphatic carbocycles. The number of nitrogens with two attached hydrogens (primary N) is 1. The van der Waals surface area contributed by atoms with Crippen molar-refractivity contribution in [2.24, 2.45) is 5.84 Å². The second-order valence-corrected chi connectivity index (χ2v) is 5.15. The van der Waals surface area contributed by atoms with Crippen molar-refractivity contribution in [1.29, 1.82) is 0 Å². The lowest BCUT2D eigenvalue weighted by molar-refractivity contribution is 0.550. The van der Waals surface area contributed by atoms with Crippen LogP contribution in [0.3, 0.4) is 0 Å². The molecular weight excluding hydrogens is 234 g/mol. The van der Waals surface area contributed by atoms with Gasteiger partial charge in [0.05, 0.1) is 6.04 Å². The molecule has 0 spiro atoms. The topological polar surface area (TPSA) is 50.9 Å². The Kier molecular flexibility index (Phi) is 4.30. The minimum atomic E-state index is 0.0919. The van der Waals surface area contributed by atoms with E-state index in [1.807, 2.05) is 19.2 Å². The zero-order chi connectivity index (χ0) is 13.8. The third-order valence-corrected chi connectivity index (χ3v) is 3.26. The van der Waals surface area contributed by atoms with Gasteiger partial charge in [-0.1, -0.05) is 35.4 Å². The number of pyridine rings is 1. The summed E-state index contributed by atoms with van der Waals surface area (Å²) in [5.41, 5.74) is 8.89. The lowest BCUT2D eigenvalue weighted by Crippen LogP contribution is -2.29. The Morgan fingerprint density at radius 2 is 1.79 bits per heavy atom. The van der Waals surface area contributed by atoms with Crippen molar-refractivity contribution in [3.63, 3.8) is 0 Å². The number of nitrogens with zero attached hydrogens (tertiary/aromatic N) is 1. The molecule has 0 saturated carbocycles. The first-order chi connectivity index (χ1) is 9.08. The number of hydrazine groups is 1. The molecule has 0 saturated heterocycles. The maximum Gasteiger partial charge on any atom is 0.0515 e. The molecule has 3 nitrogen and oxygen atoms in total. The summed E-state index contributed by atoms with van der Waals surface area (Å²) in [6, 6.07) is 10.8. The van der Waals surface area contributed by atoms with Crippen LogP contribution in [0.25, 0.3) is 0 Å². The van der Waals surface area contributed by atoms with E-state index in [0.29, 0.717) is 0 Å². The highest BCUT2D eigenvalue weighted by Gasteiger charge is 2.11. The Hall–Kier alpha value is -1.71. The van der Waals surface area contributed by atoms with E-state index < -0.39 is 0 Å². The van der Waals surface area contributed by atoms with Crippen molar-refractivity contribution in [2.45, 2.75) is 33.2 Å². The molecule has 1 unspecified atom stereocenters. The number of benzene rings is 1.